The fraction of sp³-hybridized carbons (Fsp3) is 0.538. The third-order valence-electron chi connectivity index (χ3n) is 2.80. The Morgan fingerprint density at radius 3 is 3.00 bits per heavy atom. The first-order valence-electron chi connectivity index (χ1n) is 5.69. The van der Waals surface area contributed by atoms with E-state index in [1.165, 1.54) is 5.57 Å². The number of hydrogen-bond donors (Lipinski definition) is 2. The van der Waals surface area contributed by atoms with Crippen LogP contribution in [0.2, 0.25) is 0 Å². The molecule has 2 unspecified atom stereocenters. The zero-order valence-corrected chi connectivity index (χ0v) is 9.58. The minimum atomic E-state index is 0.274. The summed E-state index contributed by atoms with van der Waals surface area (Å²) < 4.78 is 0. The highest BCUT2D eigenvalue weighted by Gasteiger charge is 2.18. The van der Waals surface area contributed by atoms with Crippen molar-refractivity contribution in [3.05, 3.63) is 36.5 Å². The Hall–Kier alpha value is -0.860. The lowest BCUT2D eigenvalue weighted by Crippen LogP contribution is -2.32. The van der Waals surface area contributed by atoms with Crippen LogP contribution in [-0.4, -0.2) is 19.1 Å². The molecule has 1 aliphatic rings. The van der Waals surface area contributed by atoms with Gasteiger partial charge in [-0.05, 0) is 37.8 Å². The number of allylic oxidation sites excluding steroid dienone is 5. The molecule has 84 valence electrons. The largest absolute Gasteiger partial charge is 0.327 e. The van der Waals surface area contributed by atoms with Crippen molar-refractivity contribution >= 4 is 0 Å². The van der Waals surface area contributed by atoms with Crippen molar-refractivity contribution in [2.24, 2.45) is 11.7 Å². The molecule has 0 saturated carbocycles. The van der Waals surface area contributed by atoms with Gasteiger partial charge in [0.15, 0.2) is 0 Å². The average Bonchev–Trinajstić information content (AvgIpc) is 2.42. The number of nitrogens with two attached hydrogens (primary N) is 1. The molecule has 2 heteroatoms. The number of nitrogens with one attached hydrogen (secondary N) is 1. The lowest BCUT2D eigenvalue weighted by Gasteiger charge is -2.17. The number of hydrogen-bond acceptors (Lipinski definition) is 2. The van der Waals surface area contributed by atoms with E-state index in [1.54, 1.807) is 0 Å². The summed E-state index contributed by atoms with van der Waals surface area (Å²) in [6.45, 7) is 7.81. The summed E-state index contributed by atoms with van der Waals surface area (Å²) in [5.41, 5.74) is 7.37. The van der Waals surface area contributed by atoms with Gasteiger partial charge in [-0.15, -0.1) is 0 Å². The van der Waals surface area contributed by atoms with E-state index in [0.29, 0.717) is 5.92 Å². The SMILES string of the molecule is C=C/C=C(\C=C/C)C1CCNCC(N)C1. The molecule has 1 fully saturated rings. The van der Waals surface area contributed by atoms with E-state index in [0.717, 1.165) is 25.9 Å². The molecule has 0 aromatic carbocycles. The van der Waals surface area contributed by atoms with Crippen LogP contribution < -0.4 is 11.1 Å². The van der Waals surface area contributed by atoms with Gasteiger partial charge in [-0.1, -0.05) is 30.9 Å². The third kappa shape index (κ3) is 4.02. The Kier molecular flexibility index (Phi) is 5.37. The Labute approximate surface area is 92.9 Å². The van der Waals surface area contributed by atoms with Crippen molar-refractivity contribution in [3.8, 4) is 0 Å². The fourth-order valence-electron chi connectivity index (χ4n) is 2.09. The van der Waals surface area contributed by atoms with Crippen LogP contribution in [0.1, 0.15) is 19.8 Å². The molecule has 1 aliphatic heterocycles. The molecule has 3 N–H and O–H groups in total. The second kappa shape index (κ2) is 6.59. The van der Waals surface area contributed by atoms with Gasteiger partial charge >= 0.3 is 0 Å². The van der Waals surface area contributed by atoms with Gasteiger partial charge in [0.1, 0.15) is 0 Å². The molecule has 0 aromatic heterocycles. The first-order chi connectivity index (χ1) is 7.27. The average molecular weight is 206 g/mol. The van der Waals surface area contributed by atoms with E-state index >= 15 is 0 Å². The summed E-state index contributed by atoms with van der Waals surface area (Å²) in [5.74, 6) is 0.573. The molecule has 0 bridgehead atoms. The highest BCUT2D eigenvalue weighted by Crippen LogP contribution is 2.23. The standard InChI is InChI=1S/C13H22N2/c1-3-5-11(6-4-2)12-7-8-15-10-13(14)9-12/h3-6,12-13,15H,1,7-10,14H2,2H3/b6-4-,11-5+. The van der Waals surface area contributed by atoms with E-state index in [-0.39, 0.29) is 6.04 Å². The van der Waals surface area contributed by atoms with Gasteiger partial charge in [0.25, 0.3) is 0 Å². The summed E-state index contributed by atoms with van der Waals surface area (Å²) in [5, 5.41) is 3.36. The molecule has 15 heavy (non-hydrogen) atoms. The zero-order chi connectivity index (χ0) is 11.1. The zero-order valence-electron chi connectivity index (χ0n) is 9.58. The molecule has 2 atom stereocenters. The maximum Gasteiger partial charge on any atom is 0.0171 e. The van der Waals surface area contributed by atoms with Gasteiger partial charge in [-0.25, -0.2) is 0 Å². The molecule has 0 aromatic rings. The predicted octanol–water partition coefficient (Wildman–Crippen LogP) is 2.00. The maximum atomic E-state index is 6.02. The van der Waals surface area contributed by atoms with Gasteiger partial charge in [0.2, 0.25) is 0 Å². The molecule has 0 spiro atoms. The van der Waals surface area contributed by atoms with E-state index in [4.69, 9.17) is 5.73 Å². The highest BCUT2D eigenvalue weighted by molar-refractivity contribution is 5.25. The molecule has 1 rings (SSSR count). The van der Waals surface area contributed by atoms with Crippen LogP contribution in [0.25, 0.3) is 0 Å². The van der Waals surface area contributed by atoms with E-state index in [2.05, 4.69) is 30.1 Å². The van der Waals surface area contributed by atoms with Crippen molar-refractivity contribution < 1.29 is 0 Å². The van der Waals surface area contributed by atoms with Gasteiger partial charge in [0.05, 0.1) is 0 Å². The monoisotopic (exact) mass is 206 g/mol. The van der Waals surface area contributed by atoms with Crippen LogP contribution >= 0.6 is 0 Å². The van der Waals surface area contributed by atoms with E-state index in [1.807, 2.05) is 13.0 Å². The van der Waals surface area contributed by atoms with Gasteiger partial charge in [-0.3, -0.25) is 0 Å². The third-order valence-corrected chi connectivity index (χ3v) is 2.80. The topological polar surface area (TPSA) is 38.0 Å². The van der Waals surface area contributed by atoms with Crippen LogP contribution in [0.4, 0.5) is 0 Å². The van der Waals surface area contributed by atoms with Crippen molar-refractivity contribution in [1.82, 2.24) is 5.32 Å². The molecule has 0 radical (unpaired) electrons. The van der Waals surface area contributed by atoms with Crippen molar-refractivity contribution in [1.29, 1.82) is 0 Å². The molecule has 0 aliphatic carbocycles. The van der Waals surface area contributed by atoms with Crippen LogP contribution in [-0.2, 0) is 0 Å². The quantitative estimate of drug-likeness (QED) is 0.693. The van der Waals surface area contributed by atoms with Crippen LogP contribution in [0.5, 0.6) is 0 Å². The molecular formula is C13H22N2. The Morgan fingerprint density at radius 1 is 1.53 bits per heavy atom. The summed E-state index contributed by atoms with van der Waals surface area (Å²) in [6.07, 6.45) is 10.4. The molecule has 0 amide bonds. The first kappa shape index (κ1) is 12.2. The molecular weight excluding hydrogens is 184 g/mol. The Bertz CT molecular complexity index is 253. The number of rotatable bonds is 3. The second-order valence-electron chi connectivity index (χ2n) is 4.09. The second-order valence-corrected chi connectivity index (χ2v) is 4.09. The van der Waals surface area contributed by atoms with Crippen molar-refractivity contribution in [2.45, 2.75) is 25.8 Å². The Balaban J connectivity index is 2.72. The van der Waals surface area contributed by atoms with Gasteiger partial charge in [0, 0.05) is 12.6 Å². The summed E-state index contributed by atoms with van der Waals surface area (Å²) >= 11 is 0. The normalized spacial score (nSPS) is 29.1. The molecule has 2 nitrogen and oxygen atoms in total. The van der Waals surface area contributed by atoms with Crippen LogP contribution in [0.15, 0.2) is 36.5 Å². The van der Waals surface area contributed by atoms with Crippen LogP contribution in [0, 0.1) is 5.92 Å². The van der Waals surface area contributed by atoms with E-state index < -0.39 is 0 Å². The minimum Gasteiger partial charge on any atom is -0.327 e. The van der Waals surface area contributed by atoms with Crippen LogP contribution in [0.3, 0.4) is 0 Å². The summed E-state index contributed by atoms with van der Waals surface area (Å²) in [6, 6.07) is 0.274. The van der Waals surface area contributed by atoms with Crippen molar-refractivity contribution in [2.75, 3.05) is 13.1 Å². The fourth-order valence-corrected chi connectivity index (χ4v) is 2.09. The highest BCUT2D eigenvalue weighted by atomic mass is 14.9. The lowest BCUT2D eigenvalue weighted by molar-refractivity contribution is 0.513. The predicted molar refractivity (Wildman–Crippen MR) is 66.7 cm³/mol. The maximum absolute atomic E-state index is 6.02. The molecule has 1 saturated heterocycles. The minimum absolute atomic E-state index is 0.274. The summed E-state index contributed by atoms with van der Waals surface area (Å²) in [7, 11) is 0. The first-order valence-corrected chi connectivity index (χ1v) is 5.69. The van der Waals surface area contributed by atoms with Gasteiger partial charge < -0.3 is 11.1 Å². The van der Waals surface area contributed by atoms with E-state index in [9.17, 15) is 0 Å². The van der Waals surface area contributed by atoms with Gasteiger partial charge in [-0.2, -0.15) is 0 Å². The summed E-state index contributed by atoms with van der Waals surface area (Å²) in [4.78, 5) is 0. The molecule has 1 heterocycles. The van der Waals surface area contributed by atoms with Crippen molar-refractivity contribution in [3.63, 3.8) is 0 Å². The lowest BCUT2D eigenvalue weighted by atomic mass is 9.89. The Morgan fingerprint density at radius 2 is 2.33 bits per heavy atom. The smallest absolute Gasteiger partial charge is 0.0171 e.